The van der Waals surface area contributed by atoms with Gasteiger partial charge in [-0.3, -0.25) is 10.1 Å². The SMILES string of the molecule is COC(=O)C(C)(C)NCc1c[nH]c2ncccc12. The summed E-state index contributed by atoms with van der Waals surface area (Å²) >= 11 is 0. The van der Waals surface area contributed by atoms with E-state index >= 15 is 0 Å². The fourth-order valence-electron chi connectivity index (χ4n) is 1.80. The molecular weight excluding hydrogens is 230 g/mol. The van der Waals surface area contributed by atoms with Crippen LogP contribution >= 0.6 is 0 Å². The summed E-state index contributed by atoms with van der Waals surface area (Å²) in [5.74, 6) is -0.277. The lowest BCUT2D eigenvalue weighted by Crippen LogP contribution is -2.46. The van der Waals surface area contributed by atoms with Crippen molar-refractivity contribution in [1.29, 1.82) is 0 Å². The van der Waals surface area contributed by atoms with Gasteiger partial charge in [0.1, 0.15) is 11.2 Å². The zero-order valence-corrected chi connectivity index (χ0v) is 10.8. The fourth-order valence-corrected chi connectivity index (χ4v) is 1.80. The Bertz CT molecular complexity index is 560. The summed E-state index contributed by atoms with van der Waals surface area (Å²) in [4.78, 5) is 18.9. The highest BCUT2D eigenvalue weighted by molar-refractivity contribution is 5.81. The van der Waals surface area contributed by atoms with Gasteiger partial charge in [0.25, 0.3) is 0 Å². The average Bonchev–Trinajstić information content (AvgIpc) is 2.78. The van der Waals surface area contributed by atoms with Gasteiger partial charge in [-0.15, -0.1) is 0 Å². The quantitative estimate of drug-likeness (QED) is 0.805. The van der Waals surface area contributed by atoms with E-state index in [1.165, 1.54) is 7.11 Å². The van der Waals surface area contributed by atoms with Gasteiger partial charge in [0.15, 0.2) is 0 Å². The van der Waals surface area contributed by atoms with E-state index < -0.39 is 5.54 Å². The Morgan fingerprint density at radius 2 is 2.33 bits per heavy atom. The van der Waals surface area contributed by atoms with Crippen molar-refractivity contribution in [2.75, 3.05) is 7.11 Å². The molecule has 2 rings (SSSR count). The Morgan fingerprint density at radius 1 is 1.56 bits per heavy atom. The van der Waals surface area contributed by atoms with E-state index in [1.807, 2.05) is 18.3 Å². The maximum atomic E-state index is 11.6. The number of aromatic nitrogens is 2. The first-order valence-corrected chi connectivity index (χ1v) is 5.79. The van der Waals surface area contributed by atoms with E-state index in [2.05, 4.69) is 15.3 Å². The zero-order chi connectivity index (χ0) is 13.2. The third kappa shape index (κ3) is 2.36. The molecule has 0 aromatic carbocycles. The molecule has 0 amide bonds. The first-order chi connectivity index (χ1) is 8.54. The molecular formula is C13H17N3O2. The number of fused-ring (bicyclic) bond motifs is 1. The van der Waals surface area contributed by atoms with Crippen molar-refractivity contribution in [2.45, 2.75) is 25.9 Å². The second kappa shape index (κ2) is 4.78. The lowest BCUT2D eigenvalue weighted by Gasteiger charge is -2.22. The number of esters is 1. The van der Waals surface area contributed by atoms with Crippen molar-refractivity contribution in [3.05, 3.63) is 30.1 Å². The van der Waals surface area contributed by atoms with Crippen molar-refractivity contribution < 1.29 is 9.53 Å². The molecule has 5 nitrogen and oxygen atoms in total. The summed E-state index contributed by atoms with van der Waals surface area (Å²) in [6.45, 7) is 4.17. The molecule has 0 saturated carbocycles. The van der Waals surface area contributed by atoms with Crippen LogP contribution < -0.4 is 5.32 Å². The molecule has 2 aromatic rings. The van der Waals surface area contributed by atoms with Gasteiger partial charge in [-0.25, -0.2) is 4.98 Å². The molecule has 2 aromatic heterocycles. The molecule has 0 aliphatic heterocycles. The third-order valence-electron chi connectivity index (χ3n) is 2.95. The fraction of sp³-hybridized carbons (Fsp3) is 0.385. The molecule has 0 fully saturated rings. The first-order valence-electron chi connectivity index (χ1n) is 5.79. The van der Waals surface area contributed by atoms with Crippen LogP contribution in [0.5, 0.6) is 0 Å². The number of nitrogens with one attached hydrogen (secondary N) is 2. The largest absolute Gasteiger partial charge is 0.468 e. The van der Waals surface area contributed by atoms with Gasteiger partial charge in [0, 0.05) is 24.3 Å². The van der Waals surface area contributed by atoms with E-state index in [-0.39, 0.29) is 5.97 Å². The minimum atomic E-state index is -0.708. The van der Waals surface area contributed by atoms with Crippen LogP contribution in [0.1, 0.15) is 19.4 Å². The van der Waals surface area contributed by atoms with Crippen LogP contribution in [-0.2, 0) is 16.1 Å². The van der Waals surface area contributed by atoms with Crippen molar-refractivity contribution in [3.63, 3.8) is 0 Å². The topological polar surface area (TPSA) is 67.0 Å². The molecule has 0 radical (unpaired) electrons. The van der Waals surface area contributed by atoms with Crippen LogP contribution in [0.3, 0.4) is 0 Å². The van der Waals surface area contributed by atoms with Gasteiger partial charge in [-0.1, -0.05) is 0 Å². The number of H-pyrrole nitrogens is 1. The number of pyridine rings is 1. The van der Waals surface area contributed by atoms with Gasteiger partial charge >= 0.3 is 5.97 Å². The zero-order valence-electron chi connectivity index (χ0n) is 10.8. The second-order valence-electron chi connectivity index (χ2n) is 4.68. The Labute approximate surface area is 106 Å². The maximum Gasteiger partial charge on any atom is 0.325 e. The Hall–Kier alpha value is -1.88. The van der Waals surface area contributed by atoms with Crippen LogP contribution in [0.2, 0.25) is 0 Å². The molecule has 0 atom stereocenters. The maximum absolute atomic E-state index is 11.6. The number of nitrogens with zero attached hydrogens (tertiary/aromatic N) is 1. The number of methoxy groups -OCH3 is 1. The van der Waals surface area contributed by atoms with E-state index in [0.717, 1.165) is 16.6 Å². The van der Waals surface area contributed by atoms with Crippen molar-refractivity contribution >= 4 is 17.0 Å². The average molecular weight is 247 g/mol. The van der Waals surface area contributed by atoms with Crippen LogP contribution in [0, 0.1) is 0 Å². The summed E-state index contributed by atoms with van der Waals surface area (Å²) in [5.41, 5.74) is 1.22. The first kappa shape index (κ1) is 12.6. The molecule has 96 valence electrons. The summed E-state index contributed by atoms with van der Waals surface area (Å²) in [7, 11) is 1.39. The molecule has 0 aliphatic carbocycles. The molecule has 0 unspecified atom stereocenters. The van der Waals surface area contributed by atoms with Crippen LogP contribution in [0.15, 0.2) is 24.5 Å². The molecule has 0 spiro atoms. The normalized spacial score (nSPS) is 11.7. The van der Waals surface area contributed by atoms with Crippen LogP contribution in [0.25, 0.3) is 11.0 Å². The van der Waals surface area contributed by atoms with Crippen molar-refractivity contribution in [1.82, 2.24) is 15.3 Å². The molecule has 0 saturated heterocycles. The molecule has 0 bridgehead atoms. The Kier molecular flexibility index (Phi) is 3.34. The molecule has 2 N–H and O–H groups in total. The van der Waals surface area contributed by atoms with E-state index in [4.69, 9.17) is 4.74 Å². The molecule has 0 aliphatic rings. The number of ether oxygens (including phenoxy) is 1. The third-order valence-corrected chi connectivity index (χ3v) is 2.95. The Balaban J connectivity index is 2.13. The smallest absolute Gasteiger partial charge is 0.325 e. The summed E-state index contributed by atoms with van der Waals surface area (Å²) in [6, 6.07) is 3.89. The highest BCUT2D eigenvalue weighted by atomic mass is 16.5. The number of carbonyl (C=O) groups is 1. The minimum Gasteiger partial charge on any atom is -0.468 e. The predicted octanol–water partition coefficient (Wildman–Crippen LogP) is 1.60. The van der Waals surface area contributed by atoms with Gasteiger partial charge < -0.3 is 9.72 Å². The molecule has 2 heterocycles. The highest BCUT2D eigenvalue weighted by Crippen LogP contribution is 2.16. The standard InChI is InChI=1S/C13H17N3O2/c1-13(2,12(17)18-3)16-8-9-7-15-11-10(9)5-4-6-14-11/h4-7,16H,8H2,1-3H3,(H,14,15). The number of rotatable bonds is 4. The predicted molar refractivity (Wildman–Crippen MR) is 69.0 cm³/mol. The lowest BCUT2D eigenvalue weighted by atomic mass is 10.1. The number of carbonyl (C=O) groups excluding carboxylic acids is 1. The molecule has 18 heavy (non-hydrogen) atoms. The summed E-state index contributed by atoms with van der Waals surface area (Å²) < 4.78 is 4.75. The number of aromatic amines is 1. The number of hydrogen-bond acceptors (Lipinski definition) is 4. The van der Waals surface area contributed by atoms with E-state index in [9.17, 15) is 4.79 Å². The molecule has 5 heteroatoms. The second-order valence-corrected chi connectivity index (χ2v) is 4.68. The summed E-state index contributed by atoms with van der Waals surface area (Å²) in [5, 5.41) is 4.24. The van der Waals surface area contributed by atoms with Gasteiger partial charge in [0.05, 0.1) is 7.11 Å². The summed E-state index contributed by atoms with van der Waals surface area (Å²) in [6.07, 6.45) is 3.65. The van der Waals surface area contributed by atoms with Crippen LogP contribution in [-0.4, -0.2) is 28.6 Å². The van der Waals surface area contributed by atoms with Crippen molar-refractivity contribution in [3.8, 4) is 0 Å². The van der Waals surface area contributed by atoms with E-state index in [1.54, 1.807) is 20.0 Å². The van der Waals surface area contributed by atoms with Crippen LogP contribution in [0.4, 0.5) is 0 Å². The van der Waals surface area contributed by atoms with Gasteiger partial charge in [-0.2, -0.15) is 0 Å². The minimum absolute atomic E-state index is 0.277. The highest BCUT2D eigenvalue weighted by Gasteiger charge is 2.27. The monoisotopic (exact) mass is 247 g/mol. The van der Waals surface area contributed by atoms with E-state index in [0.29, 0.717) is 6.54 Å². The van der Waals surface area contributed by atoms with Crippen molar-refractivity contribution in [2.24, 2.45) is 0 Å². The lowest BCUT2D eigenvalue weighted by molar-refractivity contribution is -0.147. The number of hydrogen-bond donors (Lipinski definition) is 2. The van der Waals surface area contributed by atoms with Gasteiger partial charge in [0.2, 0.25) is 0 Å². The van der Waals surface area contributed by atoms with Gasteiger partial charge in [-0.05, 0) is 31.5 Å². The Morgan fingerprint density at radius 3 is 3.06 bits per heavy atom.